The van der Waals surface area contributed by atoms with Crippen LogP contribution in [-0.4, -0.2) is 197 Å². The van der Waals surface area contributed by atoms with Gasteiger partial charge in [-0.2, -0.15) is 0 Å². The van der Waals surface area contributed by atoms with Gasteiger partial charge in [0.1, 0.15) is 17.2 Å². The van der Waals surface area contributed by atoms with Crippen LogP contribution in [0, 0.1) is 0 Å². The smallest absolute Gasteiger partial charge is 0.320 e. The first-order valence-corrected chi connectivity index (χ1v) is 39.2. The Morgan fingerprint density at radius 3 is 1.07 bits per heavy atom. The van der Waals surface area contributed by atoms with E-state index in [0.717, 1.165) is 124 Å². The SMILES string of the molecule is COc1ccc(CN2CC3(CCC(c4ccccc4)(N(C)C)CC3)N(CCO)C2=O)cc1.COc1ccc(CN2CC3(CCC(c4ccccc4)(N(C)C)CC3)N(CCO[Si](C)(C)C(C)(C)C)C2=O)cc1.COc1ccc(CN2CC3(CCC(c4ccccc4)(N(C)C)CC3)NC2=O)cc1. The summed E-state index contributed by atoms with van der Waals surface area (Å²) in [6.07, 6.45) is 11.9. The number of hydrogen-bond acceptors (Lipinski definition) is 11. The lowest BCUT2D eigenvalue weighted by atomic mass is 9.68. The summed E-state index contributed by atoms with van der Waals surface area (Å²) in [4.78, 5) is 57.3. The third-order valence-corrected chi connectivity index (χ3v) is 28.9. The molecule has 3 saturated heterocycles. The molecular formula is C82H115N9O8Si. The molecule has 3 heterocycles. The van der Waals surface area contributed by atoms with Gasteiger partial charge in [0.25, 0.3) is 0 Å². The van der Waals surface area contributed by atoms with Gasteiger partial charge in [-0.1, -0.05) is 148 Å². The van der Waals surface area contributed by atoms with Crippen molar-refractivity contribution in [1.29, 1.82) is 0 Å². The number of benzene rings is 6. The summed E-state index contributed by atoms with van der Waals surface area (Å²) in [5.74, 6) is 2.48. The monoisotopic (exact) mass is 1380 g/mol. The molecule has 6 aliphatic rings. The van der Waals surface area contributed by atoms with Crippen LogP contribution >= 0.6 is 0 Å². The van der Waals surface area contributed by atoms with E-state index in [-0.39, 0.29) is 63.0 Å². The Balaban J connectivity index is 0.000000164. The van der Waals surface area contributed by atoms with Crippen LogP contribution in [0.1, 0.15) is 131 Å². The molecule has 540 valence electrons. The van der Waals surface area contributed by atoms with Gasteiger partial charge in [-0.25, -0.2) is 14.4 Å². The molecule has 0 radical (unpaired) electrons. The Kier molecular flexibility index (Phi) is 23.6. The number of ether oxygens (including phenoxy) is 3. The second-order valence-electron chi connectivity index (χ2n) is 31.3. The van der Waals surface area contributed by atoms with Gasteiger partial charge < -0.3 is 53.6 Å². The molecule has 6 aromatic rings. The van der Waals surface area contributed by atoms with E-state index >= 15 is 0 Å². The molecule has 3 aliphatic carbocycles. The molecule has 0 atom stereocenters. The van der Waals surface area contributed by atoms with Crippen molar-refractivity contribution in [3.05, 3.63) is 197 Å². The van der Waals surface area contributed by atoms with E-state index < -0.39 is 8.32 Å². The van der Waals surface area contributed by atoms with Crippen LogP contribution in [0.15, 0.2) is 164 Å². The predicted octanol–water partition coefficient (Wildman–Crippen LogP) is 14.4. The Morgan fingerprint density at radius 2 is 0.760 bits per heavy atom. The molecule has 17 nitrogen and oxygen atoms in total. The Labute approximate surface area is 598 Å². The van der Waals surface area contributed by atoms with Crippen molar-refractivity contribution in [2.45, 2.75) is 169 Å². The van der Waals surface area contributed by atoms with Gasteiger partial charge in [0.15, 0.2) is 8.32 Å². The second kappa shape index (κ2) is 31.4. The van der Waals surface area contributed by atoms with E-state index in [9.17, 15) is 19.5 Å². The molecule has 6 amide bonds. The summed E-state index contributed by atoms with van der Waals surface area (Å²) in [5, 5.41) is 13.2. The average Bonchev–Trinajstić information content (AvgIpc) is 1.60. The fourth-order valence-corrected chi connectivity index (χ4v) is 18.0. The van der Waals surface area contributed by atoms with Crippen LogP contribution in [0.25, 0.3) is 0 Å². The van der Waals surface area contributed by atoms with E-state index in [4.69, 9.17) is 18.6 Å². The molecular weight excluding hydrogens is 1270 g/mol. The summed E-state index contributed by atoms with van der Waals surface area (Å²) in [6, 6.07) is 56.6. The number of carbonyl (C=O) groups is 3. The highest BCUT2D eigenvalue weighted by Gasteiger charge is 2.57. The standard InChI is InChI=1S/C32H49N3O3Si.C26H35N3O3.C24H31N3O2/c1-30(2,3)39(7,8)38-23-22-35-29(36)34(24-26-14-16-28(37-6)17-15-26)25-31(35)18-20-32(21-19-31,33(4)5)27-12-10-9-11-13-27;1-27(2)26(22-7-5-4-6-8-22)15-13-25(14-16-26)20-28(24(31)29(25)17-18-30)19-21-9-11-23(32-3)12-10-21;1-26(2)24(20-7-5-4-6-8-20)15-13-23(14-16-24)18-27(22(28)25-23)17-19-9-11-21(29-3)12-10-19/h9-17H,18-25H2,1-8H3;4-12,30H,13-20H2,1-3H3;4-12H,13-18H2,1-3H3,(H,25,28). The number of methoxy groups -OCH3 is 3. The molecule has 0 bridgehead atoms. The molecule has 3 spiro atoms. The highest BCUT2D eigenvalue weighted by molar-refractivity contribution is 6.74. The number of aliphatic hydroxyl groups excluding tert-OH is 1. The molecule has 100 heavy (non-hydrogen) atoms. The van der Waals surface area contributed by atoms with Crippen molar-refractivity contribution >= 4 is 26.4 Å². The number of β-amino-alcohol motifs (C(OH)–C–C–N with tert-alkyl or cyclic N) is 1. The lowest BCUT2D eigenvalue weighted by Gasteiger charge is -2.51. The summed E-state index contributed by atoms with van der Waals surface area (Å²) >= 11 is 0. The summed E-state index contributed by atoms with van der Waals surface area (Å²) < 4.78 is 22.4. The third-order valence-electron chi connectivity index (χ3n) is 24.3. The Morgan fingerprint density at radius 1 is 0.440 bits per heavy atom. The highest BCUT2D eigenvalue weighted by atomic mass is 28.4. The topological polar surface area (TPSA) is 146 Å². The normalized spacial score (nSPS) is 25.4. The molecule has 18 heteroatoms. The lowest BCUT2D eigenvalue weighted by molar-refractivity contribution is 0.0201. The molecule has 0 aromatic heterocycles. The number of hydrogen-bond donors (Lipinski definition) is 2. The molecule has 3 saturated carbocycles. The Hall–Kier alpha value is -7.45. The van der Waals surface area contributed by atoms with E-state index in [1.54, 1.807) is 21.3 Å². The minimum atomic E-state index is -1.90. The molecule has 3 aliphatic heterocycles. The minimum Gasteiger partial charge on any atom is -0.497 e. The maximum atomic E-state index is 14.0. The molecule has 0 unspecified atom stereocenters. The lowest BCUT2D eigenvalue weighted by Crippen LogP contribution is -2.56. The van der Waals surface area contributed by atoms with Crippen LogP contribution in [0.3, 0.4) is 0 Å². The maximum absolute atomic E-state index is 14.0. The number of rotatable bonds is 21. The zero-order chi connectivity index (χ0) is 71.7. The molecule has 2 N–H and O–H groups in total. The number of aliphatic hydroxyl groups is 1. The third kappa shape index (κ3) is 15.9. The average molecular weight is 1380 g/mol. The van der Waals surface area contributed by atoms with Crippen LogP contribution in [0.5, 0.6) is 17.2 Å². The predicted molar refractivity (Wildman–Crippen MR) is 402 cm³/mol. The van der Waals surface area contributed by atoms with Gasteiger partial charge in [-0.3, -0.25) is 14.7 Å². The quantitative estimate of drug-likeness (QED) is 0.0664. The van der Waals surface area contributed by atoms with Crippen molar-refractivity contribution in [1.82, 2.24) is 44.5 Å². The number of carbonyl (C=O) groups excluding carboxylic acids is 3. The largest absolute Gasteiger partial charge is 0.497 e. The number of urea groups is 3. The van der Waals surface area contributed by atoms with Crippen LogP contribution < -0.4 is 19.5 Å². The first-order valence-electron chi connectivity index (χ1n) is 36.3. The molecule has 6 fully saturated rings. The van der Waals surface area contributed by atoms with Gasteiger partial charge >= 0.3 is 18.1 Å². The fraction of sp³-hybridized carbons (Fsp3) is 0.524. The zero-order valence-corrected chi connectivity index (χ0v) is 63.5. The fourth-order valence-electron chi connectivity index (χ4n) is 16.9. The summed E-state index contributed by atoms with van der Waals surface area (Å²) in [5.41, 5.74) is 6.93. The van der Waals surface area contributed by atoms with Gasteiger partial charge in [0.2, 0.25) is 0 Å². The van der Waals surface area contributed by atoms with Crippen LogP contribution in [0.2, 0.25) is 18.1 Å². The number of nitrogens with one attached hydrogen (secondary N) is 1. The van der Waals surface area contributed by atoms with Crippen molar-refractivity contribution < 1.29 is 38.1 Å². The highest BCUT2D eigenvalue weighted by Crippen LogP contribution is 2.52. The van der Waals surface area contributed by atoms with Gasteiger partial charge in [-0.15, -0.1) is 0 Å². The first-order chi connectivity index (χ1) is 47.7. The number of amides is 6. The van der Waals surface area contributed by atoms with Crippen molar-refractivity contribution in [2.75, 3.05) is 110 Å². The van der Waals surface area contributed by atoms with E-state index in [1.807, 2.05) is 75.4 Å². The zero-order valence-electron chi connectivity index (χ0n) is 62.5. The molecule has 6 aromatic carbocycles. The van der Waals surface area contributed by atoms with E-state index in [1.165, 1.54) is 16.7 Å². The summed E-state index contributed by atoms with van der Waals surface area (Å²) in [6.45, 7) is 17.1. The minimum absolute atomic E-state index is 0.0116. The van der Waals surface area contributed by atoms with E-state index in [0.29, 0.717) is 45.9 Å². The van der Waals surface area contributed by atoms with Crippen molar-refractivity contribution in [3.63, 3.8) is 0 Å². The summed E-state index contributed by atoms with van der Waals surface area (Å²) in [7, 11) is 16.2. The Bertz CT molecular complexity index is 3600. The molecule has 12 rings (SSSR count). The van der Waals surface area contributed by atoms with Gasteiger partial charge in [0.05, 0.1) is 51.2 Å². The van der Waals surface area contributed by atoms with Crippen molar-refractivity contribution in [3.8, 4) is 17.2 Å². The van der Waals surface area contributed by atoms with Gasteiger partial charge in [-0.05, 0) is 207 Å². The van der Waals surface area contributed by atoms with Crippen LogP contribution in [-0.2, 0) is 40.7 Å². The van der Waals surface area contributed by atoms with Crippen LogP contribution in [0.4, 0.5) is 14.4 Å². The second-order valence-corrected chi connectivity index (χ2v) is 36.2. The maximum Gasteiger partial charge on any atom is 0.320 e. The first kappa shape index (κ1) is 75.2. The van der Waals surface area contributed by atoms with E-state index in [2.05, 4.69) is 209 Å². The van der Waals surface area contributed by atoms with Crippen molar-refractivity contribution in [2.24, 2.45) is 0 Å². The van der Waals surface area contributed by atoms with Gasteiger partial charge in [0, 0.05) is 69.0 Å². The number of nitrogens with zero attached hydrogens (tertiary/aromatic N) is 8.